The highest BCUT2D eigenvalue weighted by molar-refractivity contribution is 7.89. The molecular weight excluding hydrogens is 490 g/mol. The van der Waals surface area contributed by atoms with Crippen LogP contribution < -0.4 is 14.4 Å². The van der Waals surface area contributed by atoms with Gasteiger partial charge in [-0.25, -0.2) is 8.42 Å². The van der Waals surface area contributed by atoms with Crippen LogP contribution in [0.25, 0.3) is 0 Å². The van der Waals surface area contributed by atoms with E-state index in [1.807, 2.05) is 54.6 Å². The first-order chi connectivity index (χ1) is 17.8. The Bertz CT molecular complexity index is 1320. The van der Waals surface area contributed by atoms with Crippen LogP contribution in [0.3, 0.4) is 0 Å². The average Bonchev–Trinajstić information content (AvgIpc) is 2.93. The molecule has 0 aromatic heterocycles. The Morgan fingerprint density at radius 2 is 1.51 bits per heavy atom. The fourth-order valence-corrected chi connectivity index (χ4v) is 5.98. The molecular formula is C28H33N3O5S. The first-order valence-electron chi connectivity index (χ1n) is 12.2. The Balaban J connectivity index is 1.51. The van der Waals surface area contributed by atoms with Gasteiger partial charge < -0.3 is 19.3 Å². The molecule has 0 radical (unpaired) electrons. The van der Waals surface area contributed by atoms with Gasteiger partial charge in [0.25, 0.3) is 0 Å². The lowest BCUT2D eigenvalue weighted by atomic mass is 10.2. The number of hydrogen-bond donors (Lipinski definition) is 0. The number of anilines is 1. The van der Waals surface area contributed by atoms with Gasteiger partial charge in [-0.3, -0.25) is 4.79 Å². The summed E-state index contributed by atoms with van der Waals surface area (Å²) in [5, 5.41) is 0. The molecule has 196 valence electrons. The van der Waals surface area contributed by atoms with Crippen molar-refractivity contribution in [1.29, 1.82) is 0 Å². The van der Waals surface area contributed by atoms with Crippen molar-refractivity contribution in [3.63, 3.8) is 0 Å². The molecule has 1 aliphatic heterocycles. The molecule has 0 unspecified atom stereocenters. The molecule has 0 spiro atoms. The molecule has 0 bridgehead atoms. The molecule has 1 fully saturated rings. The van der Waals surface area contributed by atoms with Crippen molar-refractivity contribution in [3.8, 4) is 11.5 Å². The van der Waals surface area contributed by atoms with Crippen LogP contribution in [-0.2, 0) is 21.4 Å². The van der Waals surface area contributed by atoms with E-state index in [-0.39, 0.29) is 23.9 Å². The second-order valence-corrected chi connectivity index (χ2v) is 10.9. The molecule has 37 heavy (non-hydrogen) atoms. The summed E-state index contributed by atoms with van der Waals surface area (Å²) in [6.45, 7) is 3.92. The van der Waals surface area contributed by atoms with Gasteiger partial charge in [-0.05, 0) is 48.4 Å². The predicted octanol–water partition coefficient (Wildman–Crippen LogP) is 3.55. The molecule has 1 heterocycles. The Labute approximate surface area is 219 Å². The highest BCUT2D eigenvalue weighted by Gasteiger charge is 2.30. The van der Waals surface area contributed by atoms with E-state index in [1.165, 1.54) is 10.4 Å². The van der Waals surface area contributed by atoms with Crippen LogP contribution in [0, 0.1) is 6.92 Å². The summed E-state index contributed by atoms with van der Waals surface area (Å²) >= 11 is 0. The minimum atomic E-state index is -3.94. The summed E-state index contributed by atoms with van der Waals surface area (Å²) in [6.07, 6.45) is 0. The number of ether oxygens (including phenoxy) is 2. The van der Waals surface area contributed by atoms with Crippen LogP contribution in [0.1, 0.15) is 11.1 Å². The van der Waals surface area contributed by atoms with Gasteiger partial charge in [0.05, 0.1) is 31.3 Å². The summed E-state index contributed by atoms with van der Waals surface area (Å²) in [4.78, 5) is 17.4. The van der Waals surface area contributed by atoms with Gasteiger partial charge in [-0.15, -0.1) is 0 Å². The molecule has 0 N–H and O–H groups in total. The van der Waals surface area contributed by atoms with E-state index in [2.05, 4.69) is 4.90 Å². The van der Waals surface area contributed by atoms with Crippen molar-refractivity contribution in [2.45, 2.75) is 18.4 Å². The number of carbonyl (C=O) groups is 1. The van der Waals surface area contributed by atoms with E-state index >= 15 is 0 Å². The zero-order valence-corrected chi connectivity index (χ0v) is 22.3. The first kappa shape index (κ1) is 26.5. The summed E-state index contributed by atoms with van der Waals surface area (Å²) in [7, 11) is -0.750. The van der Waals surface area contributed by atoms with Crippen molar-refractivity contribution in [1.82, 2.24) is 9.21 Å². The molecule has 1 saturated heterocycles. The average molecular weight is 524 g/mol. The minimum Gasteiger partial charge on any atom is -0.496 e. The molecule has 0 saturated carbocycles. The molecule has 1 aliphatic rings. The topological polar surface area (TPSA) is 79.4 Å². The van der Waals surface area contributed by atoms with Gasteiger partial charge >= 0.3 is 0 Å². The first-order valence-corrected chi connectivity index (χ1v) is 13.6. The number of methoxy groups -OCH3 is 2. The molecule has 3 aromatic carbocycles. The SMILES string of the molecule is COc1ccc(S(=O)(=O)N(CC(=O)N2CCN(c3ccccc3OC)CC2)Cc2ccccc2)cc1C. The van der Waals surface area contributed by atoms with Crippen LogP contribution in [0.4, 0.5) is 5.69 Å². The van der Waals surface area contributed by atoms with E-state index in [9.17, 15) is 13.2 Å². The molecule has 4 rings (SSSR count). The zero-order chi connectivity index (χ0) is 26.4. The van der Waals surface area contributed by atoms with Gasteiger partial charge in [-0.1, -0.05) is 42.5 Å². The Morgan fingerprint density at radius 1 is 0.865 bits per heavy atom. The van der Waals surface area contributed by atoms with Gasteiger partial charge in [-0.2, -0.15) is 4.31 Å². The molecule has 9 heteroatoms. The summed E-state index contributed by atoms with van der Waals surface area (Å²) in [5.41, 5.74) is 2.51. The van der Waals surface area contributed by atoms with Crippen LogP contribution >= 0.6 is 0 Å². The number of piperazine rings is 1. The van der Waals surface area contributed by atoms with Crippen LogP contribution in [-0.4, -0.2) is 70.5 Å². The minimum absolute atomic E-state index is 0.0984. The summed E-state index contributed by atoms with van der Waals surface area (Å²) in [6, 6.07) is 21.9. The number of sulfonamides is 1. The van der Waals surface area contributed by atoms with Crippen LogP contribution in [0.15, 0.2) is 77.7 Å². The maximum Gasteiger partial charge on any atom is 0.243 e. The quantitative estimate of drug-likeness (QED) is 0.427. The maximum absolute atomic E-state index is 13.7. The van der Waals surface area contributed by atoms with Gasteiger partial charge in [0.2, 0.25) is 15.9 Å². The van der Waals surface area contributed by atoms with Gasteiger partial charge in [0, 0.05) is 32.7 Å². The van der Waals surface area contributed by atoms with E-state index in [1.54, 1.807) is 38.2 Å². The Hall–Kier alpha value is -3.56. The molecule has 8 nitrogen and oxygen atoms in total. The van der Waals surface area contributed by atoms with E-state index in [4.69, 9.17) is 9.47 Å². The fourth-order valence-electron chi connectivity index (χ4n) is 4.51. The van der Waals surface area contributed by atoms with Crippen molar-refractivity contribution < 1.29 is 22.7 Å². The van der Waals surface area contributed by atoms with Crippen molar-refractivity contribution in [2.24, 2.45) is 0 Å². The lowest BCUT2D eigenvalue weighted by Gasteiger charge is -2.37. The van der Waals surface area contributed by atoms with Gasteiger partial charge in [0.15, 0.2) is 0 Å². The number of hydrogen-bond acceptors (Lipinski definition) is 6. The number of rotatable bonds is 9. The van der Waals surface area contributed by atoms with Crippen molar-refractivity contribution in [3.05, 3.63) is 83.9 Å². The van der Waals surface area contributed by atoms with Crippen LogP contribution in [0.5, 0.6) is 11.5 Å². The smallest absolute Gasteiger partial charge is 0.243 e. The molecule has 0 aliphatic carbocycles. The highest BCUT2D eigenvalue weighted by atomic mass is 32.2. The lowest BCUT2D eigenvalue weighted by molar-refractivity contribution is -0.131. The Kier molecular flexibility index (Phi) is 8.35. The lowest BCUT2D eigenvalue weighted by Crippen LogP contribution is -2.51. The van der Waals surface area contributed by atoms with Crippen molar-refractivity contribution in [2.75, 3.05) is 51.8 Å². The third-order valence-electron chi connectivity index (χ3n) is 6.58. The highest BCUT2D eigenvalue weighted by Crippen LogP contribution is 2.29. The maximum atomic E-state index is 13.7. The number of carbonyl (C=O) groups excluding carboxylic acids is 1. The standard InChI is InChI=1S/C28H33N3O5S/c1-22-19-24(13-14-26(22)35-2)37(33,34)31(20-23-9-5-4-6-10-23)21-28(32)30-17-15-29(16-18-30)25-11-7-8-12-27(25)36-3/h4-14,19H,15-18,20-21H2,1-3H3. The van der Waals surface area contributed by atoms with Gasteiger partial charge in [0.1, 0.15) is 11.5 Å². The van der Waals surface area contributed by atoms with E-state index in [0.29, 0.717) is 37.5 Å². The van der Waals surface area contributed by atoms with E-state index in [0.717, 1.165) is 17.0 Å². The number of aryl methyl sites for hydroxylation is 1. The molecule has 3 aromatic rings. The third-order valence-corrected chi connectivity index (χ3v) is 8.36. The second kappa shape index (κ2) is 11.7. The third kappa shape index (κ3) is 6.06. The van der Waals surface area contributed by atoms with E-state index < -0.39 is 10.0 Å². The summed E-state index contributed by atoms with van der Waals surface area (Å²) < 4.78 is 39.4. The summed E-state index contributed by atoms with van der Waals surface area (Å²) in [5.74, 6) is 1.18. The Morgan fingerprint density at radius 3 is 2.16 bits per heavy atom. The van der Waals surface area contributed by atoms with Crippen LogP contribution in [0.2, 0.25) is 0 Å². The number of benzene rings is 3. The molecule has 1 amide bonds. The fraction of sp³-hybridized carbons (Fsp3) is 0.321. The zero-order valence-electron chi connectivity index (χ0n) is 21.5. The number of nitrogens with zero attached hydrogens (tertiary/aromatic N) is 3. The molecule has 0 atom stereocenters. The largest absolute Gasteiger partial charge is 0.496 e. The second-order valence-electron chi connectivity index (χ2n) is 8.93. The number of para-hydroxylation sites is 2. The monoisotopic (exact) mass is 523 g/mol. The number of amides is 1. The van der Waals surface area contributed by atoms with Crippen molar-refractivity contribution >= 4 is 21.6 Å². The predicted molar refractivity (Wildman–Crippen MR) is 144 cm³/mol. The normalized spacial score (nSPS) is 14.1.